The Bertz CT molecular complexity index is 5810. The van der Waals surface area contributed by atoms with Gasteiger partial charge in [-0.25, -0.2) is 15.0 Å². The van der Waals surface area contributed by atoms with Crippen molar-refractivity contribution in [2.75, 3.05) is 97.8 Å². The van der Waals surface area contributed by atoms with Gasteiger partial charge in [-0.05, 0) is 205 Å². The number of nitrogens with zero attached hydrogens (tertiary/aromatic N) is 9. The van der Waals surface area contributed by atoms with Gasteiger partial charge in [-0.3, -0.25) is 48.5 Å². The van der Waals surface area contributed by atoms with Gasteiger partial charge in [0.1, 0.15) is 5.60 Å². The van der Waals surface area contributed by atoms with Crippen molar-refractivity contribution in [3.8, 4) is 33.8 Å². The first-order chi connectivity index (χ1) is 62.1. The Morgan fingerprint density at radius 2 is 0.723 bits per heavy atom. The van der Waals surface area contributed by atoms with Crippen LogP contribution >= 0.6 is 23.5 Å². The maximum atomic E-state index is 13.7. The van der Waals surface area contributed by atoms with Gasteiger partial charge < -0.3 is 56.9 Å². The van der Waals surface area contributed by atoms with Crippen molar-refractivity contribution in [3.05, 3.63) is 269 Å². The number of rotatable bonds is 26. The molecule has 3 aliphatic rings. The van der Waals surface area contributed by atoms with Gasteiger partial charge >= 0.3 is 30.5 Å². The van der Waals surface area contributed by atoms with Crippen LogP contribution in [0.4, 0.5) is 91.1 Å². The molecule has 3 aliphatic heterocycles. The van der Waals surface area contributed by atoms with Gasteiger partial charge in [0.15, 0.2) is 17.5 Å². The molecule has 24 nitrogen and oxygen atoms in total. The number of carbonyl (C=O) groups excluding carboxylic acids is 6. The zero-order chi connectivity index (χ0) is 92.7. The summed E-state index contributed by atoms with van der Waals surface area (Å²) in [6.45, 7) is 10.7. The van der Waals surface area contributed by atoms with E-state index in [-0.39, 0.29) is 86.9 Å². The summed E-state index contributed by atoms with van der Waals surface area (Å²) >= 11 is 3.02. The molecule has 3 saturated heterocycles. The van der Waals surface area contributed by atoms with Crippen molar-refractivity contribution in [1.82, 2.24) is 29.9 Å². The molecule has 8 N–H and O–H groups in total. The molecular formula is C95H94F9N15O9S2. The molecule has 8 aromatic carbocycles. The second-order valence-electron chi connectivity index (χ2n) is 31.7. The van der Waals surface area contributed by atoms with Crippen LogP contribution < -0.4 is 47.0 Å². The zero-order valence-electron chi connectivity index (χ0n) is 71.1. The van der Waals surface area contributed by atoms with Crippen LogP contribution in [-0.4, -0.2) is 133 Å². The number of carbonyl (C=O) groups is 7. The number of amides is 5. The van der Waals surface area contributed by atoms with Gasteiger partial charge in [-0.1, -0.05) is 60.7 Å². The van der Waals surface area contributed by atoms with Crippen LogP contribution in [0.2, 0.25) is 0 Å². The predicted octanol–water partition coefficient (Wildman–Crippen LogP) is 21.0. The van der Waals surface area contributed by atoms with E-state index in [1.807, 2.05) is 51.1 Å². The predicted molar refractivity (Wildman–Crippen MR) is 487 cm³/mol. The SMILES string of the molecule is CC(C)(C)OC(=O)CCSCc1cccc(C(=O)Nc2ccc(N3CCCCC3)cc2C(=O)Nc2cnc(-c3cccc(C(F)(F)F)c3)cn2)c1.Nc1ccc(N2CCCCC2)cc1C(=O)Nc1cnc(-c2cccc(C(F)(F)F)c2)cn1.O=C(O)CCSCc1cccc(C(=O)Nc2ccc(N3CCCCC3)cc2C(=O)Nc2cnc(-c3cccc(C(F)(F)F)c3)cn2)c1. The molecule has 3 aromatic heterocycles. The van der Waals surface area contributed by atoms with E-state index in [0.717, 1.165) is 155 Å². The average molecular weight is 1830 g/mol. The molecule has 0 aliphatic carbocycles. The number of nitrogens with one attached hydrogen (secondary N) is 5. The summed E-state index contributed by atoms with van der Waals surface area (Å²) in [6, 6.07) is 44.4. The molecule has 0 bridgehead atoms. The minimum absolute atomic E-state index is 0.0503. The minimum Gasteiger partial charge on any atom is -0.481 e. The number of anilines is 9. The van der Waals surface area contributed by atoms with E-state index in [1.54, 1.807) is 84.6 Å². The van der Waals surface area contributed by atoms with Crippen LogP contribution in [0.5, 0.6) is 0 Å². The first kappa shape index (κ1) is 95.7. The van der Waals surface area contributed by atoms with E-state index in [1.165, 1.54) is 91.8 Å². The van der Waals surface area contributed by atoms with Gasteiger partial charge in [-0.2, -0.15) is 63.0 Å². The number of piperidine rings is 3. The van der Waals surface area contributed by atoms with Gasteiger partial charge in [0, 0.05) is 113 Å². The molecule has 35 heteroatoms. The van der Waals surface area contributed by atoms with Crippen molar-refractivity contribution in [3.63, 3.8) is 0 Å². The van der Waals surface area contributed by atoms with Gasteiger partial charge in [-0.15, -0.1) is 0 Å². The fraction of sp³-hybridized carbons (Fsp3) is 0.295. The van der Waals surface area contributed by atoms with Crippen LogP contribution in [0, 0.1) is 0 Å². The minimum atomic E-state index is -4.50. The van der Waals surface area contributed by atoms with Crippen molar-refractivity contribution in [2.45, 2.75) is 127 Å². The number of nitrogens with two attached hydrogens (primary N) is 1. The zero-order valence-corrected chi connectivity index (χ0v) is 72.7. The van der Waals surface area contributed by atoms with Gasteiger partial charge in [0.2, 0.25) is 0 Å². The Morgan fingerprint density at radius 3 is 1.06 bits per heavy atom. The molecule has 0 saturated carbocycles. The molecule has 14 rings (SSSR count). The number of carboxylic acid groups (broad SMARTS) is 1. The maximum absolute atomic E-state index is 13.7. The van der Waals surface area contributed by atoms with Crippen molar-refractivity contribution >= 4 is 117 Å². The summed E-state index contributed by atoms with van der Waals surface area (Å²) in [7, 11) is 0. The number of hydrogen-bond acceptors (Lipinski definition) is 20. The lowest BCUT2D eigenvalue weighted by atomic mass is 10.1. The number of aliphatic carboxylic acids is 1. The summed E-state index contributed by atoms with van der Waals surface area (Å²) in [6.07, 6.45) is 4.43. The fourth-order valence-corrected chi connectivity index (χ4v) is 16.0. The Balaban J connectivity index is 0.000000181. The van der Waals surface area contributed by atoms with Crippen molar-refractivity contribution in [2.24, 2.45) is 0 Å². The number of ether oxygens (including phenoxy) is 1. The molecule has 3 fully saturated rings. The number of nitrogen functional groups attached to an aromatic ring is 1. The van der Waals surface area contributed by atoms with Gasteiger partial charge in [0.05, 0.1) is 112 Å². The molecule has 6 heterocycles. The van der Waals surface area contributed by atoms with Gasteiger partial charge in [0.25, 0.3) is 29.5 Å². The van der Waals surface area contributed by atoms with E-state index < -0.39 is 76.3 Å². The molecule has 0 unspecified atom stereocenters. The highest BCUT2D eigenvalue weighted by atomic mass is 32.2. The Labute approximate surface area is 752 Å². The number of aromatic nitrogens is 6. The third-order valence-corrected chi connectivity index (χ3v) is 22.9. The van der Waals surface area contributed by atoms with E-state index in [4.69, 9.17) is 15.6 Å². The Hall–Kier alpha value is -13.4. The summed E-state index contributed by atoms with van der Waals surface area (Å²) < 4.78 is 123. The number of benzene rings is 8. The molecule has 11 aromatic rings. The number of esters is 1. The number of carboxylic acids is 1. The van der Waals surface area contributed by atoms with Crippen molar-refractivity contribution < 1.29 is 82.9 Å². The lowest BCUT2D eigenvalue weighted by Crippen LogP contribution is -2.29. The topological polar surface area (TPSA) is 322 Å². The smallest absolute Gasteiger partial charge is 0.416 e. The number of hydrogen-bond donors (Lipinski definition) is 7. The lowest BCUT2D eigenvalue weighted by molar-refractivity contribution is -0.154. The first-order valence-corrected chi connectivity index (χ1v) is 44.2. The van der Waals surface area contributed by atoms with Crippen LogP contribution in [-0.2, 0) is 44.4 Å². The van der Waals surface area contributed by atoms with Crippen LogP contribution in [0.1, 0.15) is 171 Å². The van der Waals surface area contributed by atoms with Crippen LogP contribution in [0.15, 0.2) is 213 Å². The molecular weight excluding hydrogens is 1730 g/mol. The highest BCUT2D eigenvalue weighted by Gasteiger charge is 2.34. The Morgan fingerprint density at radius 1 is 0.385 bits per heavy atom. The Kier molecular flexibility index (Phi) is 32.4. The summed E-state index contributed by atoms with van der Waals surface area (Å²) in [4.78, 5) is 121. The summed E-state index contributed by atoms with van der Waals surface area (Å²) in [5.74, 6) is -0.960. The molecule has 0 atom stereocenters. The summed E-state index contributed by atoms with van der Waals surface area (Å²) in [5, 5.41) is 22.7. The molecule has 0 radical (unpaired) electrons. The van der Waals surface area contributed by atoms with Crippen LogP contribution in [0.25, 0.3) is 33.8 Å². The average Bonchev–Trinajstić information content (AvgIpc) is 0.661. The second-order valence-corrected chi connectivity index (χ2v) is 33.9. The van der Waals surface area contributed by atoms with Crippen molar-refractivity contribution in [1.29, 1.82) is 0 Å². The molecule has 678 valence electrons. The van der Waals surface area contributed by atoms with E-state index in [2.05, 4.69) is 71.2 Å². The number of alkyl halides is 9. The summed E-state index contributed by atoms with van der Waals surface area (Å²) in [5.41, 5.74) is 11.4. The second kappa shape index (κ2) is 44.0. The standard InChI is InChI=1S/C38H40F3N5O4S.C34H32F3N5O4S.C23H22F3N5O/c1-37(2,3)50-34(47)15-18-51-24-25-9-7-11-27(19-25)35(48)44-31-14-13-29(46-16-5-4-6-17-46)21-30(31)36(49)45-33-23-42-32(22-43-33)26-10-8-12-28(20-26)38(39,40)41;35-34(36,37)25-9-5-7-23(17-25)29-19-39-30(20-38-29)41-33(46)27-18-26(42-13-2-1-3-14-42)10-11-28(27)40-32(45)24-8-4-6-22(16-24)21-47-15-12-31(43)44;24-23(25,26)16-6-4-5-15(11-16)20-13-29-21(14-28-20)30-22(32)18-12-17(7-8-19(18)27)31-9-2-1-3-10-31/h7-14,19-23H,4-6,15-18,24H2,1-3H3,(H,44,48)(H,43,45,49);4-11,16-20H,1-3,12-15,21H2,(H,40,45)(H,43,44)(H,39,41,46);4-8,11-14H,1-3,9-10,27H2,(H,29,30,32). The molecule has 130 heavy (non-hydrogen) atoms. The van der Waals surface area contributed by atoms with E-state index in [0.29, 0.717) is 51.1 Å². The highest BCUT2D eigenvalue weighted by molar-refractivity contribution is 7.98. The van der Waals surface area contributed by atoms with E-state index >= 15 is 0 Å². The maximum Gasteiger partial charge on any atom is 0.416 e. The quantitative estimate of drug-likeness (QED) is 0.0115. The highest BCUT2D eigenvalue weighted by Crippen LogP contribution is 2.38. The first-order valence-electron chi connectivity index (χ1n) is 41.9. The molecule has 5 amide bonds. The third kappa shape index (κ3) is 27.8. The fourth-order valence-electron chi connectivity index (χ4n) is 14.3. The number of thioether (sulfide) groups is 2. The molecule has 0 spiro atoms. The third-order valence-electron chi connectivity index (χ3n) is 20.8. The number of halogens is 9. The monoisotopic (exact) mass is 1820 g/mol. The normalized spacial score (nSPS) is 13.6. The van der Waals surface area contributed by atoms with Crippen LogP contribution in [0.3, 0.4) is 0 Å². The largest absolute Gasteiger partial charge is 0.481 e. The van der Waals surface area contributed by atoms with E-state index in [9.17, 15) is 73.1 Å². The lowest BCUT2D eigenvalue weighted by Gasteiger charge is -2.29.